The maximum absolute atomic E-state index is 3.65. The molecule has 0 fully saturated rings. The number of hydrogen-bond acceptors (Lipinski definition) is 2. The van der Waals surface area contributed by atoms with Crippen molar-refractivity contribution in [2.45, 2.75) is 53.5 Å². The summed E-state index contributed by atoms with van der Waals surface area (Å²) in [5, 5.41) is 5.82. The molecule has 0 bridgehead atoms. The van der Waals surface area contributed by atoms with E-state index in [1.807, 2.05) is 11.3 Å². The zero-order valence-electron chi connectivity index (χ0n) is 12.1. The average Bonchev–Trinajstić information content (AvgIpc) is 2.60. The van der Waals surface area contributed by atoms with Gasteiger partial charge in [-0.05, 0) is 56.5 Å². The van der Waals surface area contributed by atoms with Gasteiger partial charge >= 0.3 is 0 Å². The second-order valence-corrected chi connectivity index (χ2v) is 8.01. The number of nitrogens with one attached hydrogen (secondary N) is 1. The fourth-order valence-electron chi connectivity index (χ4n) is 1.79. The topological polar surface area (TPSA) is 12.0 Å². The van der Waals surface area contributed by atoms with E-state index in [9.17, 15) is 0 Å². The van der Waals surface area contributed by atoms with Crippen LogP contribution < -0.4 is 5.32 Å². The molecule has 0 aromatic carbocycles. The normalized spacial score (nSPS) is 14.9. The second-order valence-electron chi connectivity index (χ2n) is 6.98. The van der Waals surface area contributed by atoms with Gasteiger partial charge in [0.05, 0.1) is 0 Å². The number of hydrogen-bond donors (Lipinski definition) is 1. The Labute approximate surface area is 111 Å². The van der Waals surface area contributed by atoms with Crippen molar-refractivity contribution in [1.82, 2.24) is 5.32 Å². The maximum atomic E-state index is 3.65. The molecule has 0 spiro atoms. The molecule has 0 aliphatic rings. The van der Waals surface area contributed by atoms with E-state index < -0.39 is 0 Å². The van der Waals surface area contributed by atoms with Crippen LogP contribution in [0.2, 0.25) is 0 Å². The minimum Gasteiger partial charge on any atom is -0.312 e. The van der Waals surface area contributed by atoms with Crippen molar-refractivity contribution in [2.24, 2.45) is 11.3 Å². The van der Waals surface area contributed by atoms with Crippen LogP contribution >= 0.6 is 11.3 Å². The van der Waals surface area contributed by atoms with Gasteiger partial charge in [0, 0.05) is 10.4 Å². The van der Waals surface area contributed by atoms with Crippen molar-refractivity contribution in [3.63, 3.8) is 0 Å². The Morgan fingerprint density at radius 2 is 1.82 bits per heavy atom. The van der Waals surface area contributed by atoms with E-state index in [1.165, 1.54) is 11.3 Å². The van der Waals surface area contributed by atoms with Crippen molar-refractivity contribution in [3.05, 3.63) is 22.4 Å². The fourth-order valence-corrected chi connectivity index (χ4v) is 2.57. The summed E-state index contributed by atoms with van der Waals surface area (Å²) in [5.41, 5.74) is 0.557. The highest BCUT2D eigenvalue weighted by Crippen LogP contribution is 2.30. The molecular formula is C15H27NS. The molecule has 2 heteroatoms. The van der Waals surface area contributed by atoms with Gasteiger partial charge in [0.2, 0.25) is 0 Å². The second kappa shape index (κ2) is 5.53. The standard InChI is InChI=1S/C15H27NS/c1-14(2,3)12(11-16-15(4,5)6)10-13-8-7-9-17-13/h7-9,12,16H,10-11H2,1-6H3. The largest absolute Gasteiger partial charge is 0.312 e. The van der Waals surface area contributed by atoms with Crippen LogP contribution in [0.15, 0.2) is 17.5 Å². The molecule has 98 valence electrons. The molecule has 0 saturated heterocycles. The highest BCUT2D eigenvalue weighted by atomic mass is 32.1. The van der Waals surface area contributed by atoms with Crippen LogP contribution in [-0.2, 0) is 6.42 Å². The van der Waals surface area contributed by atoms with E-state index in [0.717, 1.165) is 6.54 Å². The minimum absolute atomic E-state index is 0.207. The Bertz CT molecular complexity index is 314. The monoisotopic (exact) mass is 253 g/mol. The average molecular weight is 253 g/mol. The predicted molar refractivity (Wildman–Crippen MR) is 78.7 cm³/mol. The number of rotatable bonds is 4. The Balaban J connectivity index is 2.62. The summed E-state index contributed by atoms with van der Waals surface area (Å²) in [6.45, 7) is 14.8. The first-order valence-corrected chi connectivity index (χ1v) is 7.34. The van der Waals surface area contributed by atoms with Crippen molar-refractivity contribution < 1.29 is 0 Å². The van der Waals surface area contributed by atoms with Crippen LogP contribution in [0.3, 0.4) is 0 Å². The third kappa shape index (κ3) is 5.69. The summed E-state index contributed by atoms with van der Waals surface area (Å²) in [6.07, 6.45) is 1.18. The lowest BCUT2D eigenvalue weighted by molar-refractivity contribution is 0.215. The van der Waals surface area contributed by atoms with Gasteiger partial charge in [0.25, 0.3) is 0 Å². The molecule has 1 heterocycles. The van der Waals surface area contributed by atoms with E-state index in [4.69, 9.17) is 0 Å². The molecule has 0 amide bonds. The van der Waals surface area contributed by atoms with Crippen LogP contribution in [0.5, 0.6) is 0 Å². The fraction of sp³-hybridized carbons (Fsp3) is 0.733. The van der Waals surface area contributed by atoms with Gasteiger partial charge in [-0.1, -0.05) is 26.8 Å². The first kappa shape index (κ1) is 14.7. The van der Waals surface area contributed by atoms with Crippen LogP contribution in [0.1, 0.15) is 46.4 Å². The highest BCUT2D eigenvalue weighted by molar-refractivity contribution is 7.09. The summed E-state index contributed by atoms with van der Waals surface area (Å²) in [5.74, 6) is 0.681. The first-order chi connectivity index (χ1) is 7.68. The third-order valence-electron chi connectivity index (χ3n) is 3.13. The minimum atomic E-state index is 0.207. The van der Waals surface area contributed by atoms with Crippen LogP contribution in [0.25, 0.3) is 0 Å². The van der Waals surface area contributed by atoms with Gasteiger partial charge in [-0.3, -0.25) is 0 Å². The van der Waals surface area contributed by atoms with Gasteiger partial charge in [-0.2, -0.15) is 0 Å². The van der Waals surface area contributed by atoms with E-state index in [-0.39, 0.29) is 5.54 Å². The number of thiophene rings is 1. The SMILES string of the molecule is CC(C)(C)NCC(Cc1cccs1)C(C)(C)C. The van der Waals surface area contributed by atoms with Gasteiger partial charge in [0.15, 0.2) is 0 Å². The summed E-state index contributed by atoms with van der Waals surface area (Å²) in [4.78, 5) is 1.50. The molecule has 1 aromatic rings. The zero-order valence-corrected chi connectivity index (χ0v) is 12.9. The third-order valence-corrected chi connectivity index (χ3v) is 4.03. The molecule has 1 aromatic heterocycles. The zero-order chi connectivity index (χ0) is 13.1. The highest BCUT2D eigenvalue weighted by Gasteiger charge is 2.26. The van der Waals surface area contributed by atoms with Gasteiger partial charge in [-0.25, -0.2) is 0 Å². The van der Waals surface area contributed by atoms with Crippen LogP contribution in [-0.4, -0.2) is 12.1 Å². The lowest BCUT2D eigenvalue weighted by atomic mass is 9.78. The lowest BCUT2D eigenvalue weighted by Crippen LogP contribution is -2.42. The Hall–Kier alpha value is -0.340. The predicted octanol–water partition coefficient (Wildman–Crippen LogP) is 4.34. The summed E-state index contributed by atoms with van der Waals surface area (Å²) < 4.78 is 0. The molecule has 0 aliphatic carbocycles. The molecule has 0 aliphatic heterocycles. The molecule has 1 rings (SSSR count). The van der Waals surface area contributed by atoms with E-state index in [1.54, 1.807) is 0 Å². The Morgan fingerprint density at radius 3 is 2.24 bits per heavy atom. The van der Waals surface area contributed by atoms with Crippen molar-refractivity contribution in [2.75, 3.05) is 6.54 Å². The maximum Gasteiger partial charge on any atom is 0.00966 e. The van der Waals surface area contributed by atoms with E-state index >= 15 is 0 Å². The molecule has 1 unspecified atom stereocenters. The molecule has 1 N–H and O–H groups in total. The van der Waals surface area contributed by atoms with Gasteiger partial charge < -0.3 is 5.32 Å². The van der Waals surface area contributed by atoms with E-state index in [2.05, 4.69) is 64.4 Å². The first-order valence-electron chi connectivity index (χ1n) is 6.46. The van der Waals surface area contributed by atoms with Gasteiger partial charge in [-0.15, -0.1) is 11.3 Å². The molecule has 1 nitrogen and oxygen atoms in total. The molecular weight excluding hydrogens is 226 g/mol. The smallest absolute Gasteiger partial charge is 0.00966 e. The van der Waals surface area contributed by atoms with Crippen molar-refractivity contribution >= 4 is 11.3 Å². The summed E-state index contributed by atoms with van der Waals surface area (Å²) in [6, 6.07) is 4.40. The molecule has 17 heavy (non-hydrogen) atoms. The summed E-state index contributed by atoms with van der Waals surface area (Å²) >= 11 is 1.87. The van der Waals surface area contributed by atoms with E-state index in [0.29, 0.717) is 11.3 Å². The molecule has 1 atom stereocenters. The quantitative estimate of drug-likeness (QED) is 0.841. The van der Waals surface area contributed by atoms with Crippen molar-refractivity contribution in [3.8, 4) is 0 Å². The molecule has 0 radical (unpaired) electrons. The molecule has 0 saturated carbocycles. The van der Waals surface area contributed by atoms with Gasteiger partial charge in [0.1, 0.15) is 0 Å². The van der Waals surface area contributed by atoms with Crippen LogP contribution in [0, 0.1) is 11.3 Å². The van der Waals surface area contributed by atoms with Crippen LogP contribution in [0.4, 0.5) is 0 Å². The van der Waals surface area contributed by atoms with Crippen molar-refractivity contribution in [1.29, 1.82) is 0 Å². The summed E-state index contributed by atoms with van der Waals surface area (Å²) in [7, 11) is 0. The Kier molecular flexibility index (Phi) is 4.79. The Morgan fingerprint density at radius 1 is 1.18 bits per heavy atom. The lowest BCUT2D eigenvalue weighted by Gasteiger charge is -2.33.